The summed E-state index contributed by atoms with van der Waals surface area (Å²) in [4.78, 5) is 25.9. The molecule has 1 amide bonds. The molecule has 1 aliphatic heterocycles. The van der Waals surface area contributed by atoms with E-state index < -0.39 is 29.6 Å². The van der Waals surface area contributed by atoms with Crippen LogP contribution in [0.25, 0.3) is 0 Å². The van der Waals surface area contributed by atoms with Gasteiger partial charge in [0.1, 0.15) is 18.0 Å². The van der Waals surface area contributed by atoms with Crippen molar-refractivity contribution in [2.45, 2.75) is 52.2 Å². The standard InChI is InChI=1S/C21H29ClFNO5/c1-5-27-17(25)13-28-19(15-9-6-10-16(22)18(15)23)14-8-7-11-24(12-14)20(26)29-21(2,3)4/h6,9-10,14,19H,5,7-8,11-13H2,1-4H3/t14-,19-/m1/s1. The molecule has 0 aliphatic carbocycles. The highest BCUT2D eigenvalue weighted by atomic mass is 35.5. The first kappa shape index (κ1) is 23.4. The zero-order valence-electron chi connectivity index (χ0n) is 17.4. The predicted octanol–water partition coefficient (Wildman–Crippen LogP) is 4.75. The Bertz CT molecular complexity index is 722. The van der Waals surface area contributed by atoms with E-state index in [2.05, 4.69) is 0 Å². The number of likely N-dealkylation sites (tertiary alicyclic amines) is 1. The highest BCUT2D eigenvalue weighted by Gasteiger charge is 2.35. The fourth-order valence-electron chi connectivity index (χ4n) is 3.33. The van der Waals surface area contributed by atoms with Crippen molar-refractivity contribution < 1.29 is 28.2 Å². The summed E-state index contributed by atoms with van der Waals surface area (Å²) in [5.41, 5.74) is -0.346. The normalized spacial score (nSPS) is 18.3. The number of piperidine rings is 1. The van der Waals surface area contributed by atoms with E-state index in [1.807, 2.05) is 0 Å². The molecular formula is C21H29ClFNO5. The maximum Gasteiger partial charge on any atom is 0.410 e. The maximum absolute atomic E-state index is 14.7. The Hall–Kier alpha value is -1.86. The van der Waals surface area contributed by atoms with Gasteiger partial charge in [-0.1, -0.05) is 23.7 Å². The van der Waals surface area contributed by atoms with Gasteiger partial charge in [0.15, 0.2) is 0 Å². The van der Waals surface area contributed by atoms with Crippen LogP contribution in [0.4, 0.5) is 9.18 Å². The summed E-state index contributed by atoms with van der Waals surface area (Å²) >= 11 is 5.95. The largest absolute Gasteiger partial charge is 0.464 e. The Morgan fingerprint density at radius 2 is 2.07 bits per heavy atom. The van der Waals surface area contributed by atoms with Crippen molar-refractivity contribution >= 4 is 23.7 Å². The number of ether oxygens (including phenoxy) is 3. The fourth-order valence-corrected chi connectivity index (χ4v) is 3.51. The van der Waals surface area contributed by atoms with Gasteiger partial charge in [0.05, 0.1) is 17.7 Å². The van der Waals surface area contributed by atoms with Crippen LogP contribution < -0.4 is 0 Å². The highest BCUT2D eigenvalue weighted by Crippen LogP contribution is 2.36. The number of carbonyl (C=O) groups is 2. The molecule has 0 aromatic heterocycles. The quantitative estimate of drug-likeness (QED) is 0.610. The summed E-state index contributed by atoms with van der Waals surface area (Å²) in [6.07, 6.45) is 0.255. The van der Waals surface area contributed by atoms with Crippen molar-refractivity contribution in [3.8, 4) is 0 Å². The van der Waals surface area contributed by atoms with Gasteiger partial charge in [-0.15, -0.1) is 0 Å². The van der Waals surface area contributed by atoms with Gasteiger partial charge in [-0.2, -0.15) is 0 Å². The van der Waals surface area contributed by atoms with Crippen LogP contribution in [0.2, 0.25) is 5.02 Å². The van der Waals surface area contributed by atoms with E-state index >= 15 is 0 Å². The van der Waals surface area contributed by atoms with Crippen molar-refractivity contribution in [2.24, 2.45) is 5.92 Å². The molecule has 2 rings (SSSR count). The first-order chi connectivity index (χ1) is 13.6. The molecule has 29 heavy (non-hydrogen) atoms. The number of hydrogen-bond acceptors (Lipinski definition) is 5. The second kappa shape index (κ2) is 10.3. The van der Waals surface area contributed by atoms with E-state index in [1.54, 1.807) is 44.7 Å². The number of amides is 1. The number of halogens is 2. The molecule has 0 unspecified atom stereocenters. The minimum absolute atomic E-state index is 0.0213. The van der Waals surface area contributed by atoms with E-state index in [1.165, 1.54) is 6.07 Å². The van der Waals surface area contributed by atoms with Crippen molar-refractivity contribution in [1.29, 1.82) is 0 Å². The molecule has 1 aromatic rings. The van der Waals surface area contributed by atoms with Crippen LogP contribution in [0, 0.1) is 11.7 Å². The summed E-state index contributed by atoms with van der Waals surface area (Å²) in [6, 6.07) is 4.68. The molecule has 162 valence electrons. The Kier molecular flexibility index (Phi) is 8.28. The van der Waals surface area contributed by atoms with Gasteiger partial charge in [0, 0.05) is 24.6 Å². The molecule has 0 bridgehead atoms. The van der Waals surface area contributed by atoms with Crippen LogP contribution in [0.3, 0.4) is 0 Å². The number of nitrogens with zero attached hydrogens (tertiary/aromatic N) is 1. The molecule has 1 aromatic carbocycles. The Morgan fingerprint density at radius 1 is 1.34 bits per heavy atom. The lowest BCUT2D eigenvalue weighted by atomic mass is 9.88. The SMILES string of the molecule is CCOC(=O)CO[C@@H](c1cccc(Cl)c1F)[C@@H]1CCCN(C(=O)OC(C)(C)C)C1. The van der Waals surface area contributed by atoms with Gasteiger partial charge in [0.25, 0.3) is 0 Å². The maximum atomic E-state index is 14.7. The van der Waals surface area contributed by atoms with Gasteiger partial charge < -0.3 is 19.1 Å². The van der Waals surface area contributed by atoms with E-state index in [-0.39, 0.29) is 29.7 Å². The van der Waals surface area contributed by atoms with Crippen LogP contribution in [-0.4, -0.2) is 48.9 Å². The van der Waals surface area contributed by atoms with Crippen molar-refractivity contribution in [2.75, 3.05) is 26.3 Å². The molecule has 6 nitrogen and oxygen atoms in total. The average Bonchev–Trinajstić information content (AvgIpc) is 2.64. The van der Waals surface area contributed by atoms with E-state index in [0.29, 0.717) is 25.9 Å². The predicted molar refractivity (Wildman–Crippen MR) is 107 cm³/mol. The fraction of sp³-hybridized carbons (Fsp3) is 0.619. The van der Waals surface area contributed by atoms with Gasteiger partial charge in [-0.3, -0.25) is 0 Å². The van der Waals surface area contributed by atoms with Crippen molar-refractivity contribution in [3.63, 3.8) is 0 Å². The summed E-state index contributed by atoms with van der Waals surface area (Å²) in [6.45, 7) is 7.91. The number of benzene rings is 1. The third kappa shape index (κ3) is 6.85. The summed E-state index contributed by atoms with van der Waals surface area (Å²) in [5.74, 6) is -1.34. The molecule has 0 spiro atoms. The van der Waals surface area contributed by atoms with Gasteiger partial charge in [-0.25, -0.2) is 14.0 Å². The molecule has 1 fully saturated rings. The van der Waals surface area contributed by atoms with E-state index in [9.17, 15) is 14.0 Å². The van der Waals surface area contributed by atoms with Gasteiger partial charge in [-0.05, 0) is 46.6 Å². The lowest BCUT2D eigenvalue weighted by Crippen LogP contribution is -2.44. The van der Waals surface area contributed by atoms with Gasteiger partial charge in [0.2, 0.25) is 0 Å². The molecule has 0 saturated carbocycles. The number of hydrogen-bond donors (Lipinski definition) is 0. The van der Waals surface area contributed by atoms with Crippen LogP contribution in [0.5, 0.6) is 0 Å². The van der Waals surface area contributed by atoms with Crippen molar-refractivity contribution in [3.05, 3.63) is 34.6 Å². The topological polar surface area (TPSA) is 65.1 Å². The third-order valence-electron chi connectivity index (χ3n) is 4.51. The average molecular weight is 430 g/mol. The molecule has 1 saturated heterocycles. The molecule has 1 aliphatic rings. The molecule has 0 radical (unpaired) electrons. The lowest BCUT2D eigenvalue weighted by Gasteiger charge is -2.37. The lowest BCUT2D eigenvalue weighted by molar-refractivity contribution is -0.152. The summed E-state index contributed by atoms with van der Waals surface area (Å²) in [7, 11) is 0. The van der Waals surface area contributed by atoms with Crippen LogP contribution in [-0.2, 0) is 19.0 Å². The number of esters is 1. The second-order valence-electron chi connectivity index (χ2n) is 8.01. The number of carbonyl (C=O) groups excluding carboxylic acids is 2. The Morgan fingerprint density at radius 3 is 2.72 bits per heavy atom. The zero-order chi connectivity index (χ0) is 21.6. The second-order valence-corrected chi connectivity index (χ2v) is 8.42. The smallest absolute Gasteiger partial charge is 0.410 e. The van der Waals surface area contributed by atoms with E-state index in [0.717, 1.165) is 0 Å². The first-order valence-electron chi connectivity index (χ1n) is 9.81. The number of rotatable bonds is 6. The molecule has 0 N–H and O–H groups in total. The molecule has 2 atom stereocenters. The Labute approximate surface area is 176 Å². The van der Waals surface area contributed by atoms with E-state index in [4.69, 9.17) is 25.8 Å². The van der Waals surface area contributed by atoms with Crippen LogP contribution >= 0.6 is 11.6 Å². The van der Waals surface area contributed by atoms with Gasteiger partial charge >= 0.3 is 12.1 Å². The molecule has 1 heterocycles. The highest BCUT2D eigenvalue weighted by molar-refractivity contribution is 6.30. The van der Waals surface area contributed by atoms with Crippen LogP contribution in [0.15, 0.2) is 18.2 Å². The minimum atomic E-state index is -0.747. The van der Waals surface area contributed by atoms with Crippen molar-refractivity contribution in [1.82, 2.24) is 4.90 Å². The zero-order valence-corrected chi connectivity index (χ0v) is 18.1. The minimum Gasteiger partial charge on any atom is -0.464 e. The summed E-state index contributed by atoms with van der Waals surface area (Å²) < 4.78 is 30.9. The molecule has 8 heteroatoms. The Balaban J connectivity index is 2.21. The van der Waals surface area contributed by atoms with Crippen LogP contribution in [0.1, 0.15) is 52.2 Å². The third-order valence-corrected chi connectivity index (χ3v) is 4.80. The first-order valence-corrected chi connectivity index (χ1v) is 10.2. The summed E-state index contributed by atoms with van der Waals surface area (Å²) in [5, 5.41) is -0.0213. The monoisotopic (exact) mass is 429 g/mol. The molecular weight excluding hydrogens is 401 g/mol.